The van der Waals surface area contributed by atoms with Crippen LogP contribution in [0.25, 0.3) is 5.69 Å². The van der Waals surface area contributed by atoms with Crippen LogP contribution in [0.2, 0.25) is 5.15 Å². The van der Waals surface area contributed by atoms with Crippen LogP contribution in [-0.4, -0.2) is 15.7 Å². The molecule has 0 spiro atoms. The van der Waals surface area contributed by atoms with E-state index in [1.165, 1.54) is 0 Å². The van der Waals surface area contributed by atoms with Gasteiger partial charge < -0.3 is 4.74 Å². The Balaban J connectivity index is 2.19. The van der Waals surface area contributed by atoms with Gasteiger partial charge in [-0.15, -0.1) is 0 Å². The third-order valence-electron chi connectivity index (χ3n) is 2.95. The second kappa shape index (κ2) is 6.57. The van der Waals surface area contributed by atoms with Gasteiger partial charge in [-0.2, -0.15) is 5.10 Å². The number of aromatic nitrogens is 2. The normalized spacial score (nSPS) is 10.6. The lowest BCUT2D eigenvalue weighted by Crippen LogP contribution is -2.04. The van der Waals surface area contributed by atoms with Crippen LogP contribution in [0.15, 0.2) is 30.3 Å². The Labute approximate surface area is 123 Å². The number of halogens is 1. The fourth-order valence-electron chi connectivity index (χ4n) is 1.86. The van der Waals surface area contributed by atoms with Gasteiger partial charge in [-0.3, -0.25) is 4.79 Å². The largest absolute Gasteiger partial charge is 0.461 e. The van der Waals surface area contributed by atoms with Crippen LogP contribution in [-0.2, 0) is 16.1 Å². The summed E-state index contributed by atoms with van der Waals surface area (Å²) < 4.78 is 6.86. The number of hydrogen-bond donors (Lipinski definition) is 0. The van der Waals surface area contributed by atoms with Gasteiger partial charge in [0, 0.05) is 12.0 Å². The molecule has 5 heteroatoms. The Morgan fingerprint density at radius 3 is 2.70 bits per heavy atom. The zero-order chi connectivity index (χ0) is 14.5. The average Bonchev–Trinajstić information content (AvgIpc) is 2.73. The van der Waals surface area contributed by atoms with E-state index in [2.05, 4.69) is 5.10 Å². The van der Waals surface area contributed by atoms with Crippen LogP contribution >= 0.6 is 11.6 Å². The van der Waals surface area contributed by atoms with E-state index in [0.29, 0.717) is 11.6 Å². The molecule has 2 aromatic rings. The van der Waals surface area contributed by atoms with Crippen molar-refractivity contribution < 1.29 is 9.53 Å². The maximum Gasteiger partial charge on any atom is 0.306 e. The van der Waals surface area contributed by atoms with Gasteiger partial charge in [0.25, 0.3) is 0 Å². The monoisotopic (exact) mass is 292 g/mol. The number of carbonyl (C=O) groups is 1. The van der Waals surface area contributed by atoms with Crippen molar-refractivity contribution in [2.45, 2.75) is 33.3 Å². The molecule has 0 fully saturated rings. The van der Waals surface area contributed by atoms with E-state index in [-0.39, 0.29) is 12.6 Å². The molecule has 4 nitrogen and oxygen atoms in total. The fourth-order valence-corrected chi connectivity index (χ4v) is 2.19. The highest BCUT2D eigenvalue weighted by atomic mass is 35.5. The minimum absolute atomic E-state index is 0.163. The number of hydrogen-bond acceptors (Lipinski definition) is 3. The van der Waals surface area contributed by atoms with Gasteiger partial charge in [0.1, 0.15) is 11.8 Å². The van der Waals surface area contributed by atoms with Crippen molar-refractivity contribution in [3.8, 4) is 5.69 Å². The first-order valence-electron chi connectivity index (χ1n) is 6.58. The maximum atomic E-state index is 11.4. The van der Waals surface area contributed by atoms with Crippen molar-refractivity contribution in [3.63, 3.8) is 0 Å². The number of para-hydroxylation sites is 1. The van der Waals surface area contributed by atoms with E-state index >= 15 is 0 Å². The molecule has 0 saturated heterocycles. The molecular formula is C15H17ClN2O2. The summed E-state index contributed by atoms with van der Waals surface area (Å²) in [5.41, 5.74) is 2.40. The molecule has 0 amide bonds. The van der Waals surface area contributed by atoms with Crippen LogP contribution in [0.1, 0.15) is 31.0 Å². The maximum absolute atomic E-state index is 11.4. The van der Waals surface area contributed by atoms with Gasteiger partial charge in [-0.1, -0.05) is 36.7 Å². The molecule has 0 aliphatic heterocycles. The lowest BCUT2D eigenvalue weighted by Gasteiger charge is -2.05. The number of aryl methyl sites for hydroxylation is 1. The first-order valence-corrected chi connectivity index (χ1v) is 6.96. The summed E-state index contributed by atoms with van der Waals surface area (Å²) in [7, 11) is 0. The van der Waals surface area contributed by atoms with Crippen molar-refractivity contribution in [3.05, 3.63) is 46.7 Å². The number of nitrogens with zero attached hydrogens (tertiary/aromatic N) is 2. The molecule has 0 atom stereocenters. The summed E-state index contributed by atoms with van der Waals surface area (Å²) in [5, 5.41) is 4.88. The topological polar surface area (TPSA) is 44.1 Å². The predicted octanol–water partition coefficient (Wildman–Crippen LogP) is 3.68. The zero-order valence-corrected chi connectivity index (χ0v) is 12.4. The highest BCUT2D eigenvalue weighted by Gasteiger charge is 2.16. The summed E-state index contributed by atoms with van der Waals surface area (Å²) in [6.45, 7) is 3.96. The van der Waals surface area contributed by atoms with E-state index in [4.69, 9.17) is 16.3 Å². The quantitative estimate of drug-likeness (QED) is 0.790. The predicted molar refractivity (Wildman–Crippen MR) is 78.0 cm³/mol. The first-order chi connectivity index (χ1) is 9.63. The van der Waals surface area contributed by atoms with Crippen molar-refractivity contribution in [1.29, 1.82) is 0 Å². The Kier molecular flexibility index (Phi) is 4.79. The Hall–Kier alpha value is -1.81. The smallest absolute Gasteiger partial charge is 0.306 e. The van der Waals surface area contributed by atoms with Gasteiger partial charge in [0.15, 0.2) is 0 Å². The first kappa shape index (κ1) is 14.6. The Bertz CT molecular complexity index is 593. The summed E-state index contributed by atoms with van der Waals surface area (Å²) in [6.07, 6.45) is 1.19. The lowest BCUT2D eigenvalue weighted by molar-refractivity contribution is -0.144. The molecule has 1 heterocycles. The number of rotatable bonds is 5. The van der Waals surface area contributed by atoms with E-state index < -0.39 is 0 Å². The second-order valence-electron chi connectivity index (χ2n) is 4.51. The molecule has 106 valence electrons. The Morgan fingerprint density at radius 1 is 1.35 bits per heavy atom. The van der Waals surface area contributed by atoms with Gasteiger partial charge in [-0.25, -0.2) is 4.68 Å². The minimum Gasteiger partial charge on any atom is -0.461 e. The molecule has 1 aromatic heterocycles. The standard InChI is InChI=1S/C15H17ClN2O2/c1-3-7-14(19)20-10-13-11(2)17-18(15(13)16)12-8-5-4-6-9-12/h4-6,8-9H,3,7,10H2,1-2H3. The van der Waals surface area contributed by atoms with E-state index in [1.54, 1.807) is 4.68 Å². The molecule has 0 bridgehead atoms. The molecule has 0 aliphatic rings. The SMILES string of the molecule is CCCC(=O)OCc1c(C)nn(-c2ccccc2)c1Cl. The fraction of sp³-hybridized carbons (Fsp3) is 0.333. The molecule has 20 heavy (non-hydrogen) atoms. The number of benzene rings is 1. The van der Waals surface area contributed by atoms with Crippen molar-refractivity contribution in [2.24, 2.45) is 0 Å². The highest BCUT2D eigenvalue weighted by Crippen LogP contribution is 2.24. The van der Waals surface area contributed by atoms with Crippen LogP contribution in [0.5, 0.6) is 0 Å². The van der Waals surface area contributed by atoms with Crippen LogP contribution in [0, 0.1) is 6.92 Å². The summed E-state index contributed by atoms with van der Waals surface area (Å²) in [4.78, 5) is 11.4. The number of ether oxygens (including phenoxy) is 1. The molecule has 0 saturated carbocycles. The molecule has 0 radical (unpaired) electrons. The molecule has 0 aliphatic carbocycles. The van der Waals surface area contributed by atoms with Gasteiger partial charge >= 0.3 is 5.97 Å². The molecule has 0 N–H and O–H groups in total. The molecule has 0 unspecified atom stereocenters. The molecule has 2 rings (SSSR count). The van der Waals surface area contributed by atoms with E-state index in [1.807, 2.05) is 44.2 Å². The average molecular weight is 293 g/mol. The van der Waals surface area contributed by atoms with Crippen molar-refractivity contribution in [2.75, 3.05) is 0 Å². The second-order valence-corrected chi connectivity index (χ2v) is 4.87. The Morgan fingerprint density at radius 2 is 2.05 bits per heavy atom. The minimum atomic E-state index is -0.213. The summed E-state index contributed by atoms with van der Waals surface area (Å²) >= 11 is 6.33. The van der Waals surface area contributed by atoms with Gasteiger partial charge in [-0.05, 0) is 25.5 Å². The van der Waals surface area contributed by atoms with Crippen LogP contribution < -0.4 is 0 Å². The van der Waals surface area contributed by atoms with Crippen molar-refractivity contribution >= 4 is 17.6 Å². The van der Waals surface area contributed by atoms with E-state index in [0.717, 1.165) is 23.4 Å². The summed E-state index contributed by atoms with van der Waals surface area (Å²) in [5.74, 6) is -0.213. The third kappa shape index (κ3) is 3.20. The third-order valence-corrected chi connectivity index (χ3v) is 3.34. The van der Waals surface area contributed by atoms with Crippen molar-refractivity contribution in [1.82, 2.24) is 9.78 Å². The van der Waals surface area contributed by atoms with Crippen LogP contribution in [0.3, 0.4) is 0 Å². The zero-order valence-electron chi connectivity index (χ0n) is 11.6. The van der Waals surface area contributed by atoms with Gasteiger partial charge in [0.05, 0.1) is 11.4 Å². The highest BCUT2D eigenvalue weighted by molar-refractivity contribution is 6.30. The lowest BCUT2D eigenvalue weighted by atomic mass is 10.3. The number of esters is 1. The van der Waals surface area contributed by atoms with E-state index in [9.17, 15) is 4.79 Å². The molecule has 1 aromatic carbocycles. The summed E-state index contributed by atoms with van der Waals surface area (Å²) in [6, 6.07) is 9.62. The van der Waals surface area contributed by atoms with Gasteiger partial charge in [0.2, 0.25) is 0 Å². The molecular weight excluding hydrogens is 276 g/mol. The number of carbonyl (C=O) groups excluding carboxylic acids is 1. The van der Waals surface area contributed by atoms with Crippen LogP contribution in [0.4, 0.5) is 0 Å².